The molecule has 14 heteroatoms. The molecular weight excluding hydrogens is 341 g/mol. The Kier molecular flexibility index (Phi) is 4.16. The van der Waals surface area contributed by atoms with Gasteiger partial charge in [-0.1, -0.05) is 11.3 Å². The number of aliphatic hydroxyl groups is 1. The smallest absolute Gasteiger partial charge is 0.431 e. The van der Waals surface area contributed by atoms with Gasteiger partial charge in [0, 0.05) is 13.9 Å². The average molecular weight is 344 g/mol. The molecule has 116 valence electrons. The van der Waals surface area contributed by atoms with E-state index in [1.165, 1.54) is 0 Å². The van der Waals surface area contributed by atoms with E-state index < -0.39 is 47.0 Å². The second kappa shape index (κ2) is 4.84. The number of rotatable bonds is 3. The summed E-state index contributed by atoms with van der Waals surface area (Å²) in [4.78, 5) is 21.7. The van der Waals surface area contributed by atoms with E-state index in [2.05, 4.69) is 4.98 Å². The van der Waals surface area contributed by atoms with Crippen molar-refractivity contribution in [2.75, 3.05) is 5.09 Å². The number of alkyl halides is 6. The lowest BCUT2D eigenvalue weighted by Gasteiger charge is -2.31. The normalized spacial score (nSPS) is 14.4. The molecule has 1 aromatic heterocycles. The topological polar surface area (TPSA) is 108 Å². The molecule has 2 N–H and O–H groups in total. The fourth-order valence-electron chi connectivity index (χ4n) is 1.05. The number of anilines is 1. The van der Waals surface area contributed by atoms with Crippen LogP contribution in [-0.4, -0.2) is 22.4 Å². The van der Waals surface area contributed by atoms with Crippen LogP contribution in [0.1, 0.15) is 4.88 Å². The average Bonchev–Trinajstić information content (AvgIpc) is 2.58. The van der Waals surface area contributed by atoms with Gasteiger partial charge in [0.15, 0.2) is 5.13 Å². The second-order valence-corrected chi connectivity index (χ2v) is 5.59. The first-order valence-corrected chi connectivity index (χ1v) is 6.67. The molecule has 0 radical (unpaired) electrons. The van der Waals surface area contributed by atoms with Crippen molar-refractivity contribution in [3.05, 3.63) is 11.1 Å². The van der Waals surface area contributed by atoms with Gasteiger partial charge in [-0.15, -0.1) is 0 Å². The molecule has 1 heterocycles. The molecule has 0 bridgehead atoms. The first kappa shape index (κ1) is 17.2. The van der Waals surface area contributed by atoms with Crippen LogP contribution in [0.4, 0.5) is 31.5 Å². The van der Waals surface area contributed by atoms with Gasteiger partial charge in [0.2, 0.25) is 0 Å². The summed E-state index contributed by atoms with van der Waals surface area (Å²) in [6.45, 7) is 0. The standard InChI is InChI=1S/C6H5F6N2O4PS/c7-5(8,9)4(15,6(10,11)12)2-1-13-3(20-2)14-19(16,17)18/h1,15H,(H3,13,14,16,17,18)/p-2. The molecule has 0 unspecified atom stereocenters. The molecule has 6 nitrogen and oxygen atoms in total. The van der Waals surface area contributed by atoms with Crippen molar-refractivity contribution < 1.29 is 45.8 Å². The van der Waals surface area contributed by atoms with Gasteiger partial charge in [-0.3, -0.25) is 0 Å². The maximum atomic E-state index is 12.4. The lowest BCUT2D eigenvalue weighted by molar-refractivity contribution is -0.375. The third kappa shape index (κ3) is 3.23. The second-order valence-electron chi connectivity index (χ2n) is 3.34. The quantitative estimate of drug-likeness (QED) is 0.617. The van der Waals surface area contributed by atoms with Crippen molar-refractivity contribution in [2.45, 2.75) is 18.0 Å². The molecule has 0 amide bonds. The van der Waals surface area contributed by atoms with Crippen LogP contribution >= 0.6 is 19.1 Å². The molecule has 0 aromatic carbocycles. The maximum absolute atomic E-state index is 12.4. The third-order valence-electron chi connectivity index (χ3n) is 1.92. The van der Waals surface area contributed by atoms with Crippen LogP contribution in [0.3, 0.4) is 0 Å². The molecule has 1 aromatic rings. The summed E-state index contributed by atoms with van der Waals surface area (Å²) < 4.78 is 84.9. The largest absolute Gasteiger partial charge is 0.795 e. The third-order valence-corrected chi connectivity index (χ3v) is 3.57. The predicted octanol–water partition coefficient (Wildman–Crippen LogP) is 0.696. The van der Waals surface area contributed by atoms with Crippen molar-refractivity contribution in [3.8, 4) is 0 Å². The maximum Gasteiger partial charge on any atom is 0.431 e. The summed E-state index contributed by atoms with van der Waals surface area (Å²) in [7, 11) is -5.45. The van der Waals surface area contributed by atoms with E-state index in [4.69, 9.17) is 5.11 Å². The molecule has 0 spiro atoms. The van der Waals surface area contributed by atoms with Gasteiger partial charge in [0.05, 0.1) is 4.88 Å². The van der Waals surface area contributed by atoms with Crippen molar-refractivity contribution in [1.29, 1.82) is 0 Å². The van der Waals surface area contributed by atoms with Crippen molar-refractivity contribution in [2.24, 2.45) is 0 Å². The van der Waals surface area contributed by atoms with Crippen molar-refractivity contribution >= 4 is 24.2 Å². The Morgan fingerprint density at radius 3 is 2.00 bits per heavy atom. The Morgan fingerprint density at radius 1 is 1.20 bits per heavy atom. The van der Waals surface area contributed by atoms with E-state index in [0.29, 0.717) is 0 Å². The number of halogens is 6. The van der Waals surface area contributed by atoms with Gasteiger partial charge < -0.3 is 24.5 Å². The number of nitrogens with zero attached hydrogens (tertiary/aromatic N) is 1. The molecule has 20 heavy (non-hydrogen) atoms. The summed E-state index contributed by atoms with van der Waals surface area (Å²) in [5.41, 5.74) is -5.21. The van der Waals surface area contributed by atoms with Crippen LogP contribution in [0, 0.1) is 0 Å². The van der Waals surface area contributed by atoms with Crippen LogP contribution in [0.15, 0.2) is 6.20 Å². The van der Waals surface area contributed by atoms with Gasteiger partial charge in [-0.2, -0.15) is 26.3 Å². The fourth-order valence-corrected chi connectivity index (χ4v) is 2.66. The predicted molar refractivity (Wildman–Crippen MR) is 49.4 cm³/mol. The van der Waals surface area contributed by atoms with Crippen molar-refractivity contribution in [3.63, 3.8) is 0 Å². The minimum atomic E-state index is -6.12. The summed E-state index contributed by atoms with van der Waals surface area (Å²) >= 11 is -0.464. The Hall–Kier alpha value is -0.880. The Balaban J connectivity index is 3.29. The van der Waals surface area contributed by atoms with Crippen LogP contribution in [-0.2, 0) is 10.2 Å². The van der Waals surface area contributed by atoms with Gasteiger partial charge >= 0.3 is 12.4 Å². The highest BCUT2D eigenvalue weighted by molar-refractivity contribution is 7.51. The van der Waals surface area contributed by atoms with E-state index >= 15 is 0 Å². The van der Waals surface area contributed by atoms with E-state index in [1.54, 1.807) is 0 Å². The van der Waals surface area contributed by atoms with Crippen molar-refractivity contribution in [1.82, 2.24) is 4.98 Å². The molecule has 0 saturated heterocycles. The Morgan fingerprint density at radius 2 is 1.65 bits per heavy atom. The zero-order valence-electron chi connectivity index (χ0n) is 8.82. The molecule has 0 aliphatic rings. The molecule has 0 aliphatic carbocycles. The van der Waals surface area contributed by atoms with E-state index in [-0.39, 0.29) is 6.20 Å². The lowest BCUT2D eigenvalue weighted by atomic mass is 10.0. The SMILES string of the molecule is O=P([O-])([O-])Nc1ncc(C(O)(C(F)(F)F)C(F)(F)F)s1. The minimum Gasteiger partial charge on any atom is -0.795 e. The molecular formula is C6H3F6N2O4PS-2. The molecule has 0 saturated carbocycles. The molecule has 1 rings (SSSR count). The van der Waals surface area contributed by atoms with Gasteiger partial charge in [0.1, 0.15) is 0 Å². The highest BCUT2D eigenvalue weighted by Gasteiger charge is 2.72. The number of hydrogen-bond donors (Lipinski definition) is 2. The van der Waals surface area contributed by atoms with Crippen LogP contribution < -0.4 is 14.9 Å². The van der Waals surface area contributed by atoms with Crippen LogP contribution in [0.25, 0.3) is 0 Å². The van der Waals surface area contributed by atoms with E-state index in [1.807, 2.05) is 0 Å². The van der Waals surface area contributed by atoms with Gasteiger partial charge in [0.25, 0.3) is 5.60 Å². The Labute approximate surface area is 110 Å². The van der Waals surface area contributed by atoms with Crippen LogP contribution in [0.5, 0.6) is 0 Å². The zero-order valence-corrected chi connectivity index (χ0v) is 10.5. The fraction of sp³-hybridized carbons (Fsp3) is 0.500. The highest BCUT2D eigenvalue weighted by atomic mass is 32.1. The van der Waals surface area contributed by atoms with Gasteiger partial charge in [-0.05, 0) is 0 Å². The monoisotopic (exact) mass is 344 g/mol. The Bertz CT molecular complexity index is 522. The first-order valence-electron chi connectivity index (χ1n) is 4.31. The molecule has 0 aliphatic heterocycles. The number of thiazole rings is 1. The van der Waals surface area contributed by atoms with E-state index in [9.17, 15) is 40.7 Å². The number of nitrogens with one attached hydrogen (secondary N) is 1. The highest BCUT2D eigenvalue weighted by Crippen LogP contribution is 2.52. The molecule has 0 fully saturated rings. The first-order chi connectivity index (χ1) is 8.68. The van der Waals surface area contributed by atoms with Gasteiger partial charge in [-0.25, -0.2) is 4.98 Å². The van der Waals surface area contributed by atoms with E-state index in [0.717, 1.165) is 5.09 Å². The summed E-state index contributed by atoms with van der Waals surface area (Å²) in [6, 6.07) is 0. The number of aromatic nitrogens is 1. The molecule has 0 atom stereocenters. The summed E-state index contributed by atoms with van der Waals surface area (Å²) in [5, 5.41) is 8.99. The summed E-state index contributed by atoms with van der Waals surface area (Å²) in [5.74, 6) is 0. The van der Waals surface area contributed by atoms with Crippen LogP contribution in [0.2, 0.25) is 0 Å². The minimum absolute atomic E-state index is 0.0242. The summed E-state index contributed by atoms with van der Waals surface area (Å²) in [6.07, 6.45) is -12.3. The lowest BCUT2D eigenvalue weighted by Crippen LogP contribution is -2.53. The zero-order chi connectivity index (χ0) is 16.0. The number of hydrogen-bond acceptors (Lipinski definition) is 6.